The quantitative estimate of drug-likeness (QED) is 0.499. The average Bonchev–Trinajstić information content (AvgIpc) is 2.06. The summed E-state index contributed by atoms with van der Waals surface area (Å²) in [6.45, 7) is 1.55. The third kappa shape index (κ3) is 1.22. The van der Waals surface area contributed by atoms with Crippen molar-refractivity contribution in [3.63, 3.8) is 0 Å². The van der Waals surface area contributed by atoms with Crippen molar-refractivity contribution in [1.82, 2.24) is 5.01 Å². The second kappa shape index (κ2) is 2.77. The Kier molecular flexibility index (Phi) is 1.77. The van der Waals surface area contributed by atoms with Crippen molar-refractivity contribution in [2.45, 2.75) is 12.1 Å². The third-order valence-electron chi connectivity index (χ3n) is 2.10. The number of allylic oxidation sites excluding steroid dienone is 2. The van der Waals surface area contributed by atoms with Crippen LogP contribution in [0.3, 0.4) is 0 Å². The van der Waals surface area contributed by atoms with Crippen LogP contribution >= 0.6 is 0 Å². The molecule has 3 nitrogen and oxygen atoms in total. The summed E-state index contributed by atoms with van der Waals surface area (Å²) >= 11 is 0. The van der Waals surface area contributed by atoms with Crippen molar-refractivity contribution in [2.24, 2.45) is 5.84 Å². The van der Waals surface area contributed by atoms with Crippen molar-refractivity contribution in [3.05, 3.63) is 24.3 Å². The summed E-state index contributed by atoms with van der Waals surface area (Å²) in [4.78, 5) is 0. The van der Waals surface area contributed by atoms with E-state index in [0.717, 1.165) is 13.2 Å². The first-order valence-electron chi connectivity index (χ1n) is 3.86. The first-order chi connectivity index (χ1) is 5.38. The van der Waals surface area contributed by atoms with Gasteiger partial charge < -0.3 is 4.74 Å². The van der Waals surface area contributed by atoms with E-state index in [2.05, 4.69) is 6.08 Å². The van der Waals surface area contributed by atoms with E-state index in [1.54, 1.807) is 0 Å². The summed E-state index contributed by atoms with van der Waals surface area (Å²) in [5, 5.41) is 1.83. The minimum Gasteiger partial charge on any atom is -0.371 e. The molecule has 11 heavy (non-hydrogen) atoms. The van der Waals surface area contributed by atoms with E-state index >= 15 is 0 Å². The van der Waals surface area contributed by atoms with Crippen LogP contribution in [0.5, 0.6) is 0 Å². The molecule has 1 aliphatic carbocycles. The molecule has 0 bridgehead atoms. The predicted octanol–water partition coefficient (Wildman–Crippen LogP) is 0.0555. The molecule has 0 amide bonds. The lowest BCUT2D eigenvalue weighted by Gasteiger charge is -2.36. The van der Waals surface area contributed by atoms with E-state index in [1.807, 2.05) is 23.2 Å². The summed E-state index contributed by atoms with van der Waals surface area (Å²) in [5.74, 6) is 5.76. The first kappa shape index (κ1) is 7.03. The number of morpholine rings is 1. The molecule has 60 valence electrons. The summed E-state index contributed by atoms with van der Waals surface area (Å²) < 4.78 is 5.49. The summed E-state index contributed by atoms with van der Waals surface area (Å²) in [6.07, 6.45) is 8.29. The van der Waals surface area contributed by atoms with Crippen molar-refractivity contribution in [3.8, 4) is 0 Å². The summed E-state index contributed by atoms with van der Waals surface area (Å²) in [7, 11) is 0. The molecule has 0 aromatic carbocycles. The number of nitrogens with two attached hydrogens (primary N) is 1. The standard InChI is InChI=1S/C8H12N2O/c9-10-5-6-11-8-4-2-1-3-7(8)10/h1-4,7-8H,5-6,9H2. The zero-order valence-electron chi connectivity index (χ0n) is 6.31. The number of hydrogen-bond acceptors (Lipinski definition) is 3. The van der Waals surface area contributed by atoms with Gasteiger partial charge in [-0.25, -0.2) is 5.01 Å². The molecule has 0 radical (unpaired) electrons. The molecule has 0 aromatic heterocycles. The van der Waals surface area contributed by atoms with Crippen LogP contribution in [0.2, 0.25) is 0 Å². The van der Waals surface area contributed by atoms with Crippen molar-refractivity contribution >= 4 is 0 Å². The van der Waals surface area contributed by atoms with E-state index in [1.165, 1.54) is 0 Å². The van der Waals surface area contributed by atoms with Crippen LogP contribution in [0, 0.1) is 0 Å². The molecule has 0 spiro atoms. The predicted molar refractivity (Wildman–Crippen MR) is 42.7 cm³/mol. The van der Waals surface area contributed by atoms with Gasteiger partial charge in [0.25, 0.3) is 0 Å². The average molecular weight is 152 g/mol. The van der Waals surface area contributed by atoms with Gasteiger partial charge >= 0.3 is 0 Å². The van der Waals surface area contributed by atoms with Gasteiger partial charge in [0.05, 0.1) is 18.8 Å². The zero-order valence-corrected chi connectivity index (χ0v) is 6.31. The van der Waals surface area contributed by atoms with Crippen molar-refractivity contribution in [2.75, 3.05) is 13.2 Å². The molecule has 2 aliphatic rings. The number of hydrazine groups is 1. The molecule has 2 N–H and O–H groups in total. The van der Waals surface area contributed by atoms with Gasteiger partial charge in [0.1, 0.15) is 0 Å². The summed E-state index contributed by atoms with van der Waals surface area (Å²) in [5.41, 5.74) is 0. The van der Waals surface area contributed by atoms with E-state index in [0.29, 0.717) is 0 Å². The van der Waals surface area contributed by atoms with Crippen LogP contribution in [0.4, 0.5) is 0 Å². The second-order valence-electron chi connectivity index (χ2n) is 2.83. The van der Waals surface area contributed by atoms with Crippen LogP contribution in [0.1, 0.15) is 0 Å². The third-order valence-corrected chi connectivity index (χ3v) is 2.10. The molecule has 2 unspecified atom stereocenters. The Balaban J connectivity index is 2.14. The fourth-order valence-corrected chi connectivity index (χ4v) is 1.47. The van der Waals surface area contributed by atoms with Gasteiger partial charge in [0.2, 0.25) is 0 Å². The Morgan fingerprint density at radius 2 is 2.18 bits per heavy atom. The molecule has 1 fully saturated rings. The van der Waals surface area contributed by atoms with Crippen LogP contribution < -0.4 is 5.84 Å². The van der Waals surface area contributed by atoms with E-state index in [4.69, 9.17) is 10.6 Å². The minimum absolute atomic E-state index is 0.166. The van der Waals surface area contributed by atoms with Crippen molar-refractivity contribution in [1.29, 1.82) is 0 Å². The van der Waals surface area contributed by atoms with E-state index < -0.39 is 0 Å². The first-order valence-corrected chi connectivity index (χ1v) is 3.86. The number of ether oxygens (including phenoxy) is 1. The zero-order chi connectivity index (χ0) is 7.68. The monoisotopic (exact) mass is 152 g/mol. The molecule has 1 saturated heterocycles. The Bertz CT molecular complexity index is 200. The lowest BCUT2D eigenvalue weighted by Crippen LogP contribution is -2.53. The van der Waals surface area contributed by atoms with Crippen LogP contribution in [-0.2, 0) is 4.74 Å². The SMILES string of the molecule is NN1CCOC2C=CC=CC21. The van der Waals surface area contributed by atoms with Gasteiger partial charge in [0, 0.05) is 6.54 Å². The van der Waals surface area contributed by atoms with Crippen molar-refractivity contribution < 1.29 is 4.74 Å². The normalized spacial score (nSPS) is 37.2. The minimum atomic E-state index is 0.166. The van der Waals surface area contributed by atoms with Gasteiger partial charge in [0.15, 0.2) is 0 Å². The lowest BCUT2D eigenvalue weighted by atomic mass is 10.0. The highest BCUT2D eigenvalue weighted by molar-refractivity contribution is 5.19. The number of rotatable bonds is 0. The van der Waals surface area contributed by atoms with Gasteiger partial charge in [-0.3, -0.25) is 5.84 Å². The highest BCUT2D eigenvalue weighted by Crippen LogP contribution is 2.16. The highest BCUT2D eigenvalue weighted by atomic mass is 16.5. The molecular formula is C8H12N2O. The maximum absolute atomic E-state index is 5.76. The van der Waals surface area contributed by atoms with Crippen LogP contribution in [0.15, 0.2) is 24.3 Å². The molecule has 2 atom stereocenters. The van der Waals surface area contributed by atoms with Crippen LogP contribution in [0.25, 0.3) is 0 Å². The molecule has 2 rings (SSSR count). The summed E-state index contributed by atoms with van der Waals surface area (Å²) in [6, 6.07) is 0.244. The molecular weight excluding hydrogens is 140 g/mol. The highest BCUT2D eigenvalue weighted by Gasteiger charge is 2.27. The van der Waals surface area contributed by atoms with E-state index in [-0.39, 0.29) is 12.1 Å². The number of fused-ring (bicyclic) bond motifs is 1. The second-order valence-corrected chi connectivity index (χ2v) is 2.83. The number of nitrogens with zero attached hydrogens (tertiary/aromatic N) is 1. The maximum atomic E-state index is 5.76. The van der Waals surface area contributed by atoms with Crippen LogP contribution in [-0.4, -0.2) is 30.3 Å². The van der Waals surface area contributed by atoms with E-state index in [9.17, 15) is 0 Å². The molecule has 0 aromatic rings. The Morgan fingerprint density at radius 3 is 3.00 bits per heavy atom. The molecule has 3 heteroatoms. The topological polar surface area (TPSA) is 38.5 Å². The largest absolute Gasteiger partial charge is 0.371 e. The smallest absolute Gasteiger partial charge is 0.0964 e. The van der Waals surface area contributed by atoms with Gasteiger partial charge in [-0.1, -0.05) is 24.3 Å². The lowest BCUT2D eigenvalue weighted by molar-refractivity contribution is -0.0320. The fourth-order valence-electron chi connectivity index (χ4n) is 1.47. The van der Waals surface area contributed by atoms with Gasteiger partial charge in [-0.2, -0.15) is 0 Å². The fraction of sp³-hybridized carbons (Fsp3) is 0.500. The van der Waals surface area contributed by atoms with Gasteiger partial charge in [-0.15, -0.1) is 0 Å². The molecule has 0 saturated carbocycles. The Labute approximate surface area is 66.1 Å². The maximum Gasteiger partial charge on any atom is 0.0964 e. The Morgan fingerprint density at radius 1 is 1.36 bits per heavy atom. The Hall–Kier alpha value is -0.640. The molecule has 1 heterocycles. The number of hydrogen-bond donors (Lipinski definition) is 1. The molecule has 1 aliphatic heterocycles. The van der Waals surface area contributed by atoms with Gasteiger partial charge in [-0.05, 0) is 0 Å².